The van der Waals surface area contributed by atoms with Gasteiger partial charge in [0, 0.05) is 4.75 Å². The van der Waals surface area contributed by atoms with E-state index in [0.29, 0.717) is 11.4 Å². The summed E-state index contributed by atoms with van der Waals surface area (Å²) in [4.78, 5) is 56.0. The highest BCUT2D eigenvalue weighted by Crippen LogP contribution is 2.56. The van der Waals surface area contributed by atoms with Crippen LogP contribution in [0.15, 0.2) is 54.6 Å². The molecule has 2 fully saturated rings. The van der Waals surface area contributed by atoms with Gasteiger partial charge in [-0.3, -0.25) is 24.1 Å². The Kier molecular flexibility index (Phi) is 4.97. The lowest BCUT2D eigenvalue weighted by Crippen LogP contribution is -2.68. The van der Waals surface area contributed by atoms with E-state index in [1.165, 1.54) is 11.8 Å². The number of nitrogens with zero attached hydrogens (tertiary/aromatic N) is 5. The molecule has 4 heterocycles. The lowest BCUT2D eigenvalue weighted by atomic mass is 9.95. The van der Waals surface area contributed by atoms with Crippen molar-refractivity contribution in [3.05, 3.63) is 77.1 Å². The number of rotatable bonds is 5. The van der Waals surface area contributed by atoms with Crippen LogP contribution in [0.4, 0.5) is 0 Å². The van der Waals surface area contributed by atoms with Crippen LogP contribution in [0.5, 0.6) is 0 Å². The van der Waals surface area contributed by atoms with E-state index in [-0.39, 0.29) is 22.4 Å². The van der Waals surface area contributed by atoms with Gasteiger partial charge in [0.15, 0.2) is 5.82 Å². The second-order valence-corrected chi connectivity index (χ2v) is 11.1. The average molecular weight is 504 g/mol. The van der Waals surface area contributed by atoms with Crippen LogP contribution in [0.25, 0.3) is 0 Å². The van der Waals surface area contributed by atoms with Gasteiger partial charge in [0.1, 0.15) is 23.5 Å². The predicted octanol–water partition coefficient (Wildman–Crippen LogP) is 1.46. The van der Waals surface area contributed by atoms with Crippen LogP contribution in [0, 0.1) is 0 Å². The first-order valence-electron chi connectivity index (χ1n) is 11.3. The summed E-state index contributed by atoms with van der Waals surface area (Å²) < 4.78 is -0.426. The summed E-state index contributed by atoms with van der Waals surface area (Å²) in [6, 6.07) is 12.6. The van der Waals surface area contributed by atoms with Gasteiger partial charge in [-0.1, -0.05) is 47.7 Å². The lowest BCUT2D eigenvalue weighted by Gasteiger charge is -2.44. The van der Waals surface area contributed by atoms with E-state index in [1.54, 1.807) is 59.5 Å². The molecule has 3 aliphatic rings. The molecule has 36 heavy (non-hydrogen) atoms. The second-order valence-electron chi connectivity index (χ2n) is 9.36. The van der Waals surface area contributed by atoms with E-state index >= 15 is 0 Å². The molecule has 2 aromatic carbocycles. The molecule has 0 radical (unpaired) electrons. The molecule has 6 rings (SSSR count). The van der Waals surface area contributed by atoms with E-state index in [0.717, 1.165) is 4.90 Å². The Bertz CT molecular complexity index is 1360. The monoisotopic (exact) mass is 503 g/mol. The van der Waals surface area contributed by atoms with Crippen LogP contribution in [-0.4, -0.2) is 70.2 Å². The van der Waals surface area contributed by atoms with E-state index in [4.69, 9.17) is 0 Å². The molecule has 2 unspecified atom stereocenters. The highest BCUT2D eigenvalue weighted by Gasteiger charge is 2.63. The lowest BCUT2D eigenvalue weighted by molar-refractivity contribution is -0.152. The zero-order chi connectivity index (χ0) is 25.2. The predicted molar refractivity (Wildman–Crippen MR) is 127 cm³/mol. The molecule has 3 aromatic rings. The fraction of sp³-hybridized carbons (Fsp3) is 0.292. The summed E-state index contributed by atoms with van der Waals surface area (Å²) in [7, 11) is 0. The molecule has 2 N–H and O–H groups in total. The van der Waals surface area contributed by atoms with Gasteiger partial charge in [-0.25, -0.2) is 0 Å². The Morgan fingerprint density at radius 2 is 1.67 bits per heavy atom. The topological polar surface area (TPSA) is 141 Å². The average Bonchev–Trinajstić information content (AvgIpc) is 3.55. The Morgan fingerprint density at radius 3 is 2.28 bits per heavy atom. The number of hydrogen-bond donors (Lipinski definition) is 2. The minimum absolute atomic E-state index is 0.248. The van der Waals surface area contributed by atoms with Gasteiger partial charge in [0.25, 0.3) is 11.8 Å². The molecular formula is C24H21N7O4S. The molecule has 2 saturated heterocycles. The zero-order valence-electron chi connectivity index (χ0n) is 19.3. The van der Waals surface area contributed by atoms with Crippen molar-refractivity contribution < 1.29 is 19.2 Å². The molecule has 0 bridgehead atoms. The van der Waals surface area contributed by atoms with E-state index < -0.39 is 40.6 Å². The number of hydrogen-bond acceptors (Lipinski definition) is 8. The van der Waals surface area contributed by atoms with Gasteiger partial charge in [0.2, 0.25) is 11.8 Å². The van der Waals surface area contributed by atoms with Crippen molar-refractivity contribution in [1.29, 1.82) is 0 Å². The van der Waals surface area contributed by atoms with Crippen LogP contribution in [0.3, 0.4) is 0 Å². The zero-order valence-corrected chi connectivity index (χ0v) is 20.1. The molecule has 4 amide bonds. The van der Waals surface area contributed by atoms with Gasteiger partial charge in [-0.2, -0.15) is 5.21 Å². The first kappa shape index (κ1) is 22.4. The number of tetrazole rings is 1. The maximum Gasteiger partial charge on any atom is 0.262 e. The number of fused-ring (bicyclic) bond motifs is 2. The molecule has 0 spiro atoms. The molecule has 0 saturated carbocycles. The van der Waals surface area contributed by atoms with Crippen LogP contribution >= 0.6 is 11.8 Å². The first-order valence-corrected chi connectivity index (χ1v) is 12.2. The molecule has 3 aliphatic heterocycles. The number of amides is 4. The van der Waals surface area contributed by atoms with Gasteiger partial charge in [0.05, 0.1) is 11.1 Å². The summed E-state index contributed by atoms with van der Waals surface area (Å²) in [5.41, 5.74) is 0.966. The summed E-state index contributed by atoms with van der Waals surface area (Å²) in [6.45, 7) is 3.96. The molecule has 0 aliphatic carbocycles. The number of aromatic nitrogens is 4. The van der Waals surface area contributed by atoms with Crippen LogP contribution in [0.1, 0.15) is 58.0 Å². The van der Waals surface area contributed by atoms with Crippen molar-refractivity contribution in [3.8, 4) is 0 Å². The number of β-lactam (4-membered cyclic amide) rings is 1. The second kappa shape index (κ2) is 7.98. The summed E-state index contributed by atoms with van der Waals surface area (Å²) in [5.74, 6) is -1.57. The number of nitrogens with one attached hydrogen (secondary N) is 2. The minimum Gasteiger partial charge on any atom is -0.340 e. The fourth-order valence-corrected chi connectivity index (χ4v) is 6.81. The summed E-state index contributed by atoms with van der Waals surface area (Å²) in [5, 5.41) is 16.7. The van der Waals surface area contributed by atoms with Crippen molar-refractivity contribution in [2.75, 3.05) is 0 Å². The largest absolute Gasteiger partial charge is 0.340 e. The van der Waals surface area contributed by atoms with Gasteiger partial charge >= 0.3 is 0 Å². The number of carbonyl (C=O) groups is 4. The van der Waals surface area contributed by atoms with Gasteiger partial charge in [-0.15, -0.1) is 22.0 Å². The Hall–Kier alpha value is -4.06. The van der Waals surface area contributed by atoms with Crippen molar-refractivity contribution in [1.82, 2.24) is 35.7 Å². The van der Waals surface area contributed by atoms with Gasteiger partial charge in [-0.05, 0) is 31.5 Å². The van der Waals surface area contributed by atoms with Gasteiger partial charge < -0.3 is 10.2 Å². The van der Waals surface area contributed by atoms with Crippen LogP contribution in [0.2, 0.25) is 0 Å². The van der Waals surface area contributed by atoms with E-state index in [9.17, 15) is 19.2 Å². The van der Waals surface area contributed by atoms with Crippen LogP contribution in [-0.2, 0) is 9.59 Å². The molecule has 1 aromatic heterocycles. The standard InChI is InChI=1S/C24H21N7O4S/c1-24(2)17(18-26-28-29-27-18)31-22(35)15(23(31)36-24)25-19(32)16(12-8-4-3-5-9-12)30-20(33)13-10-6-7-11-14(13)21(30)34/h3-11,15-17,23H,1-2H3,(H,25,32)(H,26,27,28,29)/t15?,16-,17?,23-/m1/s1. The molecule has 11 nitrogen and oxygen atoms in total. The number of benzene rings is 2. The first-order chi connectivity index (χ1) is 17.3. The van der Waals surface area contributed by atoms with Crippen molar-refractivity contribution >= 4 is 35.4 Å². The third kappa shape index (κ3) is 3.17. The Labute approximate surface area is 209 Å². The van der Waals surface area contributed by atoms with Crippen LogP contribution < -0.4 is 5.32 Å². The van der Waals surface area contributed by atoms with E-state index in [2.05, 4.69) is 25.9 Å². The SMILES string of the molecule is CC1(C)S[C@@H]2C(NC(=O)[C@@H](c3ccccc3)N3C(=O)c4ccccc4C3=O)C(=O)N2C1c1nn[nH]n1. The quantitative estimate of drug-likeness (QED) is 0.394. The number of H-pyrrole nitrogens is 1. The summed E-state index contributed by atoms with van der Waals surface area (Å²) in [6.07, 6.45) is 0. The van der Waals surface area contributed by atoms with Crippen molar-refractivity contribution in [3.63, 3.8) is 0 Å². The van der Waals surface area contributed by atoms with Crippen molar-refractivity contribution in [2.24, 2.45) is 0 Å². The highest BCUT2D eigenvalue weighted by molar-refractivity contribution is 8.01. The maximum absolute atomic E-state index is 13.7. The number of imide groups is 1. The normalized spacial score (nSPS) is 24.8. The fourth-order valence-electron chi connectivity index (χ4n) is 5.18. The molecule has 4 atom stereocenters. The summed E-state index contributed by atoms with van der Waals surface area (Å²) >= 11 is 1.53. The molecule has 12 heteroatoms. The Morgan fingerprint density at radius 1 is 1.03 bits per heavy atom. The van der Waals surface area contributed by atoms with E-state index in [1.807, 2.05) is 13.8 Å². The smallest absolute Gasteiger partial charge is 0.262 e. The number of carbonyl (C=O) groups excluding carboxylic acids is 4. The Balaban J connectivity index is 1.30. The molecule has 182 valence electrons. The maximum atomic E-state index is 13.7. The highest BCUT2D eigenvalue weighted by atomic mass is 32.2. The molecular weight excluding hydrogens is 482 g/mol. The third-order valence-corrected chi connectivity index (χ3v) is 8.36. The third-order valence-electron chi connectivity index (χ3n) is 6.79. The number of aromatic amines is 1. The minimum atomic E-state index is -1.23. The number of thioether (sulfide) groups is 1. The van der Waals surface area contributed by atoms with Crippen molar-refractivity contribution in [2.45, 2.75) is 42.1 Å².